The van der Waals surface area contributed by atoms with E-state index in [4.69, 9.17) is 16.3 Å². The number of rotatable bonds is 8. The Morgan fingerprint density at radius 2 is 2.21 bits per heavy atom. The largest absolute Gasteiger partial charge is 0.486 e. The lowest BCUT2D eigenvalue weighted by Gasteiger charge is -2.27. The highest BCUT2D eigenvalue weighted by Gasteiger charge is 2.19. The molecule has 1 amide bonds. The quantitative estimate of drug-likeness (QED) is 0.666. The van der Waals surface area contributed by atoms with Crippen LogP contribution in [0.2, 0.25) is 5.02 Å². The van der Waals surface area contributed by atoms with Crippen molar-refractivity contribution in [2.75, 3.05) is 0 Å². The Balaban J connectivity index is 1.97. The molecule has 1 heterocycles. The zero-order valence-electron chi connectivity index (χ0n) is 14.3. The molecule has 1 atom stereocenters. The Bertz CT molecular complexity index is 675. The van der Waals surface area contributed by atoms with Crippen molar-refractivity contribution < 1.29 is 9.53 Å². The van der Waals surface area contributed by atoms with Crippen molar-refractivity contribution in [3.63, 3.8) is 0 Å². The van der Waals surface area contributed by atoms with Gasteiger partial charge >= 0.3 is 0 Å². The van der Waals surface area contributed by atoms with E-state index >= 15 is 0 Å². The third-order valence-corrected chi connectivity index (χ3v) is 4.94. The van der Waals surface area contributed by atoms with E-state index < -0.39 is 0 Å². The minimum absolute atomic E-state index is 0.161. The Morgan fingerprint density at radius 1 is 1.42 bits per heavy atom. The van der Waals surface area contributed by atoms with Crippen LogP contribution in [-0.4, -0.2) is 21.8 Å². The van der Waals surface area contributed by atoms with Crippen LogP contribution in [-0.2, 0) is 17.9 Å². The number of nitrogens with zero attached hydrogens (tertiary/aromatic N) is 2. The molecule has 130 valence electrons. The first-order valence-corrected chi connectivity index (χ1v) is 9.40. The van der Waals surface area contributed by atoms with Crippen LogP contribution in [0, 0.1) is 0 Å². The molecule has 0 bridgehead atoms. The molecule has 0 N–H and O–H groups in total. The van der Waals surface area contributed by atoms with Gasteiger partial charge in [-0.3, -0.25) is 4.79 Å². The van der Waals surface area contributed by atoms with E-state index in [1.807, 2.05) is 35.4 Å². The molecule has 6 heteroatoms. The highest BCUT2D eigenvalue weighted by molar-refractivity contribution is 7.09. The monoisotopic (exact) mass is 366 g/mol. The number of hydrogen-bond donors (Lipinski definition) is 0. The summed E-state index contributed by atoms with van der Waals surface area (Å²) in [5, 5.41) is 3.53. The summed E-state index contributed by atoms with van der Waals surface area (Å²) < 4.78 is 5.71. The Hall–Kier alpha value is -1.59. The SMILES string of the molecule is CCC(=O)N(Cc1csc(COc2cccc(Cl)c2)n1)[C@@H](C)CC. The van der Waals surface area contributed by atoms with Gasteiger partial charge in [-0.2, -0.15) is 0 Å². The summed E-state index contributed by atoms with van der Waals surface area (Å²) in [7, 11) is 0. The molecule has 1 aromatic heterocycles. The second kappa shape index (κ2) is 9.04. The van der Waals surface area contributed by atoms with Crippen LogP contribution in [0.3, 0.4) is 0 Å². The van der Waals surface area contributed by atoms with Gasteiger partial charge in [-0.1, -0.05) is 31.5 Å². The number of benzene rings is 1. The molecule has 0 radical (unpaired) electrons. The first-order chi connectivity index (χ1) is 11.5. The van der Waals surface area contributed by atoms with Gasteiger partial charge in [-0.25, -0.2) is 4.98 Å². The van der Waals surface area contributed by atoms with Crippen molar-refractivity contribution >= 4 is 28.8 Å². The zero-order chi connectivity index (χ0) is 17.5. The topological polar surface area (TPSA) is 42.4 Å². The number of carbonyl (C=O) groups excluding carboxylic acids is 1. The van der Waals surface area contributed by atoms with E-state index in [0.29, 0.717) is 24.6 Å². The summed E-state index contributed by atoms with van der Waals surface area (Å²) in [5.74, 6) is 0.885. The molecule has 0 aliphatic carbocycles. The molecule has 2 rings (SSSR count). The van der Waals surface area contributed by atoms with Crippen LogP contribution in [0.1, 0.15) is 44.3 Å². The summed E-state index contributed by atoms with van der Waals surface area (Å²) in [6, 6.07) is 7.52. The van der Waals surface area contributed by atoms with Crippen LogP contribution in [0.4, 0.5) is 0 Å². The third kappa shape index (κ3) is 5.21. The van der Waals surface area contributed by atoms with Crippen LogP contribution in [0.25, 0.3) is 0 Å². The molecule has 0 unspecified atom stereocenters. The summed E-state index contributed by atoms with van der Waals surface area (Å²) in [6.07, 6.45) is 1.44. The van der Waals surface area contributed by atoms with Crippen molar-refractivity contribution in [2.45, 2.75) is 52.8 Å². The number of thiazole rings is 1. The molecule has 0 fully saturated rings. The Morgan fingerprint density at radius 3 is 2.88 bits per heavy atom. The van der Waals surface area contributed by atoms with Gasteiger partial charge < -0.3 is 9.64 Å². The molecule has 4 nitrogen and oxygen atoms in total. The molecule has 24 heavy (non-hydrogen) atoms. The second-order valence-corrected chi connectivity index (χ2v) is 6.99. The number of carbonyl (C=O) groups is 1. The van der Waals surface area contributed by atoms with E-state index in [0.717, 1.165) is 22.9 Å². The fraction of sp³-hybridized carbons (Fsp3) is 0.444. The minimum Gasteiger partial charge on any atom is -0.486 e. The maximum absolute atomic E-state index is 12.1. The Kier molecular flexibility index (Phi) is 7.06. The number of ether oxygens (including phenoxy) is 1. The number of aromatic nitrogens is 1. The lowest BCUT2D eigenvalue weighted by Crippen LogP contribution is -2.37. The molecule has 0 spiro atoms. The van der Waals surface area contributed by atoms with E-state index in [-0.39, 0.29) is 11.9 Å². The molecule has 0 aliphatic rings. The van der Waals surface area contributed by atoms with Crippen LogP contribution in [0.5, 0.6) is 5.75 Å². The van der Waals surface area contributed by atoms with Gasteiger partial charge in [0, 0.05) is 22.9 Å². The van der Waals surface area contributed by atoms with Crippen molar-refractivity contribution in [1.82, 2.24) is 9.88 Å². The van der Waals surface area contributed by atoms with Gasteiger partial charge in [0.1, 0.15) is 17.4 Å². The summed E-state index contributed by atoms with van der Waals surface area (Å²) in [6.45, 7) is 7.00. The fourth-order valence-corrected chi connectivity index (χ4v) is 3.15. The summed E-state index contributed by atoms with van der Waals surface area (Å²) >= 11 is 7.49. The highest BCUT2D eigenvalue weighted by Crippen LogP contribution is 2.20. The lowest BCUT2D eigenvalue weighted by molar-refractivity contribution is -0.133. The maximum Gasteiger partial charge on any atom is 0.222 e. The van der Waals surface area contributed by atoms with Crippen molar-refractivity contribution in [2.24, 2.45) is 0 Å². The van der Waals surface area contributed by atoms with E-state index in [1.54, 1.807) is 17.4 Å². The number of amides is 1. The molecule has 0 saturated carbocycles. The first kappa shape index (κ1) is 18.7. The predicted octanol–water partition coefficient (Wildman–Crippen LogP) is 4.91. The van der Waals surface area contributed by atoms with Gasteiger partial charge in [0.15, 0.2) is 0 Å². The van der Waals surface area contributed by atoms with Gasteiger partial charge in [0.2, 0.25) is 5.91 Å². The average molecular weight is 367 g/mol. The predicted molar refractivity (Wildman–Crippen MR) is 98.5 cm³/mol. The van der Waals surface area contributed by atoms with Crippen molar-refractivity contribution in [1.29, 1.82) is 0 Å². The normalized spacial score (nSPS) is 12.0. The molecule has 1 aromatic carbocycles. The third-order valence-electron chi connectivity index (χ3n) is 3.84. The minimum atomic E-state index is 0.161. The molecular weight excluding hydrogens is 344 g/mol. The number of halogens is 1. The maximum atomic E-state index is 12.1. The summed E-state index contributed by atoms with van der Waals surface area (Å²) in [4.78, 5) is 18.6. The molecular formula is C18H23ClN2O2S. The van der Waals surface area contributed by atoms with Crippen LogP contribution >= 0.6 is 22.9 Å². The van der Waals surface area contributed by atoms with E-state index in [1.165, 1.54) is 0 Å². The Labute approximate surface area is 152 Å². The lowest BCUT2D eigenvalue weighted by atomic mass is 10.2. The highest BCUT2D eigenvalue weighted by atomic mass is 35.5. The molecule has 2 aromatic rings. The second-order valence-electron chi connectivity index (χ2n) is 5.61. The van der Waals surface area contributed by atoms with Crippen molar-refractivity contribution in [3.8, 4) is 5.75 Å². The van der Waals surface area contributed by atoms with Crippen LogP contribution < -0.4 is 4.74 Å². The smallest absolute Gasteiger partial charge is 0.222 e. The van der Waals surface area contributed by atoms with E-state index in [2.05, 4.69) is 18.8 Å². The van der Waals surface area contributed by atoms with Gasteiger partial charge in [0.25, 0.3) is 0 Å². The number of hydrogen-bond acceptors (Lipinski definition) is 4. The van der Waals surface area contributed by atoms with Gasteiger partial charge in [0.05, 0.1) is 12.2 Å². The van der Waals surface area contributed by atoms with Crippen molar-refractivity contribution in [3.05, 3.63) is 45.4 Å². The van der Waals surface area contributed by atoms with E-state index in [9.17, 15) is 4.79 Å². The summed E-state index contributed by atoms with van der Waals surface area (Å²) in [5.41, 5.74) is 0.909. The van der Waals surface area contributed by atoms with Crippen LogP contribution in [0.15, 0.2) is 29.6 Å². The molecule has 0 aliphatic heterocycles. The van der Waals surface area contributed by atoms with Gasteiger partial charge in [-0.05, 0) is 31.5 Å². The average Bonchev–Trinajstić information content (AvgIpc) is 3.04. The molecule has 0 saturated heterocycles. The zero-order valence-corrected chi connectivity index (χ0v) is 15.9. The first-order valence-electron chi connectivity index (χ1n) is 8.14. The fourth-order valence-electron chi connectivity index (χ4n) is 2.28. The standard InChI is InChI=1S/C18H23ClN2O2S/c1-4-13(3)21(18(22)5-2)10-15-12-24-17(20-15)11-23-16-8-6-7-14(19)9-16/h6-9,12-13H,4-5,10-11H2,1-3H3/t13-/m0/s1. The van der Waals surface area contributed by atoms with Gasteiger partial charge in [-0.15, -0.1) is 11.3 Å².